The Bertz CT molecular complexity index is 1510. The first-order chi connectivity index (χ1) is 19.4. The number of benzene rings is 2. The van der Waals surface area contributed by atoms with Gasteiger partial charge in [0.2, 0.25) is 0 Å². The minimum atomic E-state index is -2.25. The van der Waals surface area contributed by atoms with Crippen LogP contribution in [0.1, 0.15) is 12.8 Å². The van der Waals surface area contributed by atoms with E-state index < -0.39 is 9.73 Å². The van der Waals surface area contributed by atoms with Crippen LogP contribution in [-0.4, -0.2) is 76.8 Å². The molecule has 14 heteroatoms. The fourth-order valence-electron chi connectivity index (χ4n) is 5.13. The molecule has 0 spiro atoms. The third-order valence-corrected chi connectivity index (χ3v) is 10.5. The van der Waals surface area contributed by atoms with Gasteiger partial charge in [0.15, 0.2) is 0 Å². The maximum atomic E-state index is 12.9. The maximum absolute atomic E-state index is 12.9. The van der Waals surface area contributed by atoms with E-state index in [0.29, 0.717) is 51.3 Å². The second-order valence-corrected chi connectivity index (χ2v) is 14.1. The summed E-state index contributed by atoms with van der Waals surface area (Å²) in [5, 5.41) is 10.7. The molecule has 216 valence electrons. The molecule has 41 heavy (non-hydrogen) atoms. The van der Waals surface area contributed by atoms with Gasteiger partial charge in [0, 0.05) is 38.5 Å². The summed E-state index contributed by atoms with van der Waals surface area (Å²) in [4.78, 5) is 8.85. The fourth-order valence-corrected chi connectivity index (χ4v) is 8.03. The van der Waals surface area contributed by atoms with Crippen LogP contribution in [-0.2, 0) is 19.2 Å². The molecule has 4 saturated heterocycles. The van der Waals surface area contributed by atoms with Crippen molar-refractivity contribution in [3.63, 3.8) is 0 Å². The Hall–Kier alpha value is -0.758. The number of rotatable bonds is 6. The van der Waals surface area contributed by atoms with E-state index in [-0.39, 0.29) is 55.5 Å². The summed E-state index contributed by atoms with van der Waals surface area (Å²) in [7, 11) is -0.546. The van der Waals surface area contributed by atoms with Crippen LogP contribution < -0.4 is 20.7 Å². The molecule has 4 aliphatic heterocycles. The minimum absolute atomic E-state index is 0. The molecule has 10 nitrogen and oxygen atoms in total. The van der Waals surface area contributed by atoms with Crippen molar-refractivity contribution in [1.82, 2.24) is 20.6 Å². The number of anilines is 2. The minimum Gasteiger partial charge on any atom is -0.493 e. The van der Waals surface area contributed by atoms with Crippen LogP contribution in [0, 0.1) is 47.3 Å². The molecule has 0 radical (unpaired) electrons. The van der Waals surface area contributed by atoms with Gasteiger partial charge in [0.05, 0.1) is 30.3 Å². The van der Waals surface area contributed by atoms with Crippen molar-refractivity contribution in [2.24, 2.45) is 4.36 Å². The quantitative estimate of drug-likeness (QED) is 0.189. The van der Waals surface area contributed by atoms with Crippen molar-refractivity contribution in [2.75, 3.05) is 43.6 Å². The molecule has 4 fully saturated rings. The van der Waals surface area contributed by atoms with Crippen LogP contribution >= 0.6 is 34.2 Å². The molecule has 0 saturated carbocycles. The van der Waals surface area contributed by atoms with E-state index in [0.717, 1.165) is 35.2 Å². The number of hydrogen-bond donors (Lipinski definition) is 3. The predicted octanol–water partition coefficient (Wildman–Crippen LogP) is 4.21. The van der Waals surface area contributed by atoms with Crippen molar-refractivity contribution in [3.05, 3.63) is 51.8 Å². The second-order valence-electron chi connectivity index (χ2n) is 9.97. The van der Waals surface area contributed by atoms with Gasteiger partial charge in [-0.2, -0.15) is 0 Å². The van der Waals surface area contributed by atoms with Crippen molar-refractivity contribution < 1.29 is 49.5 Å². The number of aromatic nitrogens is 2. The molecule has 2 aromatic carbocycles. The van der Waals surface area contributed by atoms with Gasteiger partial charge in [0.1, 0.15) is 24.3 Å². The Labute approximate surface area is 282 Å². The Kier molecular flexibility index (Phi) is 10.7. The van der Waals surface area contributed by atoms with Gasteiger partial charge in [-0.1, -0.05) is 5.02 Å². The SMILES string of the molecule is CO[C@@H]1CN[C@H]2[C@@H]1OC[C@H]2Oc1cc(I)ccc1Nc1ncnc2cc(N=S3(=O)CCCC3)[c-]c(Cl)c12.[CH-]1CN1.[U+2]. The van der Waals surface area contributed by atoms with E-state index in [1.165, 1.54) is 6.33 Å². The van der Waals surface area contributed by atoms with Crippen LogP contribution in [0.4, 0.5) is 17.2 Å². The summed E-state index contributed by atoms with van der Waals surface area (Å²) in [6.07, 6.45) is 3.14. The molecule has 5 heterocycles. The molecule has 1 aromatic heterocycles. The van der Waals surface area contributed by atoms with E-state index in [1.54, 1.807) is 13.2 Å². The number of hydrogen-bond acceptors (Lipinski definition) is 10. The average molecular weight is 935 g/mol. The molecule has 0 amide bonds. The number of nitrogens with zero attached hydrogens (tertiary/aromatic N) is 3. The number of nitrogens with one attached hydrogen (secondary N) is 3. The molecule has 0 unspecified atom stereocenters. The first kappa shape index (κ1) is 31.7. The van der Waals surface area contributed by atoms with Gasteiger partial charge in [-0.25, -0.2) is 13.6 Å². The van der Waals surface area contributed by atoms with Crippen LogP contribution in [0.15, 0.2) is 35.0 Å². The first-order valence-corrected chi connectivity index (χ1v) is 16.5. The van der Waals surface area contributed by atoms with E-state index in [2.05, 4.69) is 58.9 Å². The Morgan fingerprint density at radius 1 is 1.27 bits per heavy atom. The number of methoxy groups -OCH3 is 1. The first-order valence-electron chi connectivity index (χ1n) is 13.2. The summed E-state index contributed by atoms with van der Waals surface area (Å²) in [6, 6.07) is 10.8. The van der Waals surface area contributed by atoms with Gasteiger partial charge in [-0.3, -0.25) is 11.5 Å². The Balaban J connectivity index is 0.000000793. The number of ether oxygens (including phenoxy) is 3. The van der Waals surface area contributed by atoms with Crippen LogP contribution in [0.2, 0.25) is 5.02 Å². The molecular weight excluding hydrogens is 905 g/mol. The average Bonchev–Trinajstić information content (AvgIpc) is 3.54. The van der Waals surface area contributed by atoms with Crippen LogP contribution in [0.3, 0.4) is 0 Å². The predicted molar refractivity (Wildman–Crippen MR) is 164 cm³/mol. The molecule has 4 aliphatic rings. The number of fused-ring (bicyclic) bond motifs is 2. The van der Waals surface area contributed by atoms with E-state index >= 15 is 0 Å². The molecule has 3 aromatic rings. The molecule has 4 atom stereocenters. The van der Waals surface area contributed by atoms with Crippen molar-refractivity contribution in [3.8, 4) is 5.75 Å². The zero-order valence-corrected chi connectivity index (χ0v) is 30.3. The van der Waals surface area contributed by atoms with Crippen LogP contribution in [0.25, 0.3) is 10.9 Å². The van der Waals surface area contributed by atoms with E-state index in [1.807, 2.05) is 24.7 Å². The second kappa shape index (κ2) is 13.9. The van der Waals surface area contributed by atoms with E-state index in [4.69, 9.17) is 25.8 Å². The molecule has 0 bridgehead atoms. The summed E-state index contributed by atoms with van der Waals surface area (Å²) in [6.45, 7) is 4.33. The van der Waals surface area contributed by atoms with Gasteiger partial charge < -0.3 is 30.2 Å². The normalized spacial score (nSPS) is 25.5. The summed E-state index contributed by atoms with van der Waals surface area (Å²) >= 11 is 8.92. The third kappa shape index (κ3) is 7.49. The maximum Gasteiger partial charge on any atom is 2.00 e. The molecule has 7 rings (SSSR count). The standard InChI is InChI=1S/C25H26ClIN5O4S.C2H4N.U/c1-34-20-11-28-23-21(12-35-24(20)23)36-19-8-14(27)4-5-17(19)31-25-22-16(26)9-15(10-18(22)29-13-30-25)32-37(33)6-2-3-7-37;1-2-3-1;/h4-5,8,10,13,20-21,23-24,28H,2-3,6-7,11-12H2,1H3,(H,29,30,31);1,3H,2H2;/q2*-1;+2/t20-,21-,23-,24-;;/m1../s1. The molecular formula is C27H30ClIN6O4SU. The number of halogens is 2. The van der Waals surface area contributed by atoms with Gasteiger partial charge >= 0.3 is 31.1 Å². The van der Waals surface area contributed by atoms with Crippen molar-refractivity contribution >= 4 is 72.0 Å². The van der Waals surface area contributed by atoms with E-state index in [9.17, 15) is 4.21 Å². The summed E-state index contributed by atoms with van der Waals surface area (Å²) < 4.78 is 36.4. The fraction of sp³-hybridized carbons (Fsp3) is 0.444. The van der Waals surface area contributed by atoms with Crippen molar-refractivity contribution in [1.29, 1.82) is 0 Å². The summed E-state index contributed by atoms with van der Waals surface area (Å²) in [5.41, 5.74) is 1.80. The van der Waals surface area contributed by atoms with Crippen LogP contribution in [0.5, 0.6) is 5.75 Å². The topological polar surface area (TPSA) is 129 Å². The Morgan fingerprint density at radius 2 is 2.05 bits per heavy atom. The molecule has 0 aliphatic carbocycles. The Morgan fingerprint density at radius 3 is 2.78 bits per heavy atom. The zero-order valence-electron chi connectivity index (χ0n) is 22.4. The third-order valence-electron chi connectivity index (χ3n) is 7.16. The zero-order chi connectivity index (χ0) is 27.7. The largest absolute Gasteiger partial charge is 2.00 e. The smallest absolute Gasteiger partial charge is 0.493 e. The van der Waals surface area contributed by atoms with Gasteiger partial charge in [-0.05, 0) is 70.2 Å². The van der Waals surface area contributed by atoms with Gasteiger partial charge in [-0.15, -0.1) is 30.3 Å². The van der Waals surface area contributed by atoms with Gasteiger partial charge in [0.25, 0.3) is 0 Å². The summed E-state index contributed by atoms with van der Waals surface area (Å²) in [5.74, 6) is 2.42. The van der Waals surface area contributed by atoms with Crippen molar-refractivity contribution in [2.45, 2.75) is 37.2 Å². The monoisotopic (exact) mass is 934 g/mol. The molecule has 3 N–H and O–H groups in total.